The van der Waals surface area contributed by atoms with Gasteiger partial charge in [0.25, 0.3) is 11.6 Å². The van der Waals surface area contributed by atoms with Crippen molar-refractivity contribution < 1.29 is 19.2 Å². The summed E-state index contributed by atoms with van der Waals surface area (Å²) in [5, 5.41) is 10.8. The molecule has 0 aliphatic carbocycles. The van der Waals surface area contributed by atoms with Crippen molar-refractivity contribution in [1.82, 2.24) is 0 Å². The van der Waals surface area contributed by atoms with E-state index in [0.717, 1.165) is 0 Å². The third kappa shape index (κ3) is 2.44. The number of carbonyl (C=O) groups excluding carboxylic acids is 1. The quantitative estimate of drug-likeness (QED) is 0.622. The molecule has 2 rings (SSSR count). The molecule has 1 unspecified atom stereocenters. The van der Waals surface area contributed by atoms with Crippen molar-refractivity contribution >= 4 is 17.3 Å². The largest absolute Gasteiger partial charge is 0.478 e. The Morgan fingerprint density at radius 1 is 1.50 bits per heavy atom. The maximum absolute atomic E-state index is 12.4. The number of anilines is 1. The number of methoxy groups -OCH3 is 1. The first-order chi connectivity index (χ1) is 9.45. The van der Waals surface area contributed by atoms with Crippen molar-refractivity contribution in [1.29, 1.82) is 0 Å². The summed E-state index contributed by atoms with van der Waals surface area (Å²) in [6.45, 7) is 3.79. The van der Waals surface area contributed by atoms with E-state index in [-0.39, 0.29) is 24.2 Å². The number of ether oxygens (including phenoxy) is 2. The van der Waals surface area contributed by atoms with Gasteiger partial charge in [0.15, 0.2) is 6.10 Å². The van der Waals surface area contributed by atoms with E-state index in [0.29, 0.717) is 11.4 Å². The van der Waals surface area contributed by atoms with Crippen molar-refractivity contribution in [2.24, 2.45) is 5.92 Å². The van der Waals surface area contributed by atoms with E-state index in [9.17, 15) is 14.9 Å². The van der Waals surface area contributed by atoms with Crippen LogP contribution < -0.4 is 9.64 Å². The van der Waals surface area contributed by atoms with Crippen LogP contribution in [0.3, 0.4) is 0 Å². The molecular formula is C13H16N2O5. The summed E-state index contributed by atoms with van der Waals surface area (Å²) in [6.07, 6.45) is -0.612. The highest BCUT2D eigenvalue weighted by atomic mass is 16.6. The molecule has 0 fully saturated rings. The smallest absolute Gasteiger partial charge is 0.271 e. The number of non-ortho nitro benzene ring substituents is 1. The zero-order valence-electron chi connectivity index (χ0n) is 11.5. The molecule has 0 spiro atoms. The van der Waals surface area contributed by atoms with Gasteiger partial charge >= 0.3 is 0 Å². The van der Waals surface area contributed by atoms with Gasteiger partial charge in [0.1, 0.15) is 12.5 Å². The lowest BCUT2D eigenvalue weighted by molar-refractivity contribution is -0.384. The number of rotatable bonds is 4. The van der Waals surface area contributed by atoms with Gasteiger partial charge in [-0.25, -0.2) is 0 Å². The molecule has 0 bridgehead atoms. The van der Waals surface area contributed by atoms with Crippen LogP contribution >= 0.6 is 0 Å². The van der Waals surface area contributed by atoms with Gasteiger partial charge in [-0.05, 0) is 12.0 Å². The van der Waals surface area contributed by atoms with Crippen molar-refractivity contribution in [2.45, 2.75) is 20.0 Å². The fourth-order valence-electron chi connectivity index (χ4n) is 2.07. The summed E-state index contributed by atoms with van der Waals surface area (Å²) in [5.74, 6) is 0.186. The van der Waals surface area contributed by atoms with Crippen LogP contribution in [0.5, 0.6) is 5.75 Å². The molecule has 1 aliphatic heterocycles. The summed E-state index contributed by atoms with van der Waals surface area (Å²) in [4.78, 5) is 24.0. The van der Waals surface area contributed by atoms with Crippen LogP contribution in [0.15, 0.2) is 18.2 Å². The number of hydrogen-bond donors (Lipinski definition) is 0. The maximum atomic E-state index is 12.4. The minimum absolute atomic E-state index is 0.00908. The van der Waals surface area contributed by atoms with Gasteiger partial charge in [-0.15, -0.1) is 0 Å². The van der Waals surface area contributed by atoms with Gasteiger partial charge < -0.3 is 9.47 Å². The van der Waals surface area contributed by atoms with Gasteiger partial charge in [0.2, 0.25) is 0 Å². The fraction of sp³-hybridized carbons (Fsp3) is 0.462. The van der Waals surface area contributed by atoms with E-state index in [2.05, 4.69) is 0 Å². The number of benzene rings is 1. The second-order valence-electron chi connectivity index (χ2n) is 4.88. The standard InChI is InChI=1S/C13H16N2O5/c1-8(2)12-13(16)14(7-19-3)10-6-9(15(17)18)4-5-11(10)20-12/h4-6,8,12H,7H2,1-3H3. The number of carbonyl (C=O) groups is 1. The molecule has 20 heavy (non-hydrogen) atoms. The second-order valence-corrected chi connectivity index (χ2v) is 4.88. The molecule has 0 saturated carbocycles. The lowest BCUT2D eigenvalue weighted by Crippen LogP contribution is -2.49. The zero-order valence-corrected chi connectivity index (χ0v) is 11.5. The highest BCUT2D eigenvalue weighted by Crippen LogP contribution is 2.38. The van der Waals surface area contributed by atoms with Crippen molar-refractivity contribution in [3.63, 3.8) is 0 Å². The molecule has 1 amide bonds. The number of hydrogen-bond acceptors (Lipinski definition) is 5. The predicted octanol–water partition coefficient (Wildman–Crippen LogP) is 1.95. The second kappa shape index (κ2) is 5.46. The Hall–Kier alpha value is -2.15. The molecule has 0 saturated heterocycles. The monoisotopic (exact) mass is 280 g/mol. The average molecular weight is 280 g/mol. The zero-order chi connectivity index (χ0) is 14.9. The highest BCUT2D eigenvalue weighted by molar-refractivity contribution is 6.00. The third-order valence-corrected chi connectivity index (χ3v) is 3.07. The molecule has 1 atom stereocenters. The average Bonchev–Trinajstić information content (AvgIpc) is 2.40. The molecule has 0 radical (unpaired) electrons. The number of nitro benzene ring substituents is 1. The first-order valence-electron chi connectivity index (χ1n) is 6.21. The number of fused-ring (bicyclic) bond motifs is 1. The van der Waals surface area contributed by atoms with Gasteiger partial charge in [-0.2, -0.15) is 0 Å². The highest BCUT2D eigenvalue weighted by Gasteiger charge is 2.37. The Labute approximate surface area is 116 Å². The molecule has 1 aromatic rings. The first kappa shape index (κ1) is 14.3. The first-order valence-corrected chi connectivity index (χ1v) is 6.21. The van der Waals surface area contributed by atoms with Crippen LogP contribution in [0.1, 0.15) is 13.8 Å². The molecule has 0 aromatic heterocycles. The van der Waals surface area contributed by atoms with E-state index in [1.807, 2.05) is 13.8 Å². The van der Waals surface area contributed by atoms with E-state index >= 15 is 0 Å². The van der Waals surface area contributed by atoms with E-state index in [1.165, 1.54) is 30.2 Å². The Morgan fingerprint density at radius 2 is 2.20 bits per heavy atom. The molecule has 1 aliphatic rings. The van der Waals surface area contributed by atoms with Crippen LogP contribution in [0.25, 0.3) is 0 Å². The predicted molar refractivity (Wildman–Crippen MR) is 71.7 cm³/mol. The SMILES string of the molecule is COCN1C(=O)C(C(C)C)Oc2ccc([N+](=O)[O-])cc21. The van der Waals surface area contributed by atoms with Gasteiger partial charge in [0.05, 0.1) is 10.6 Å². The number of amides is 1. The van der Waals surface area contributed by atoms with E-state index < -0.39 is 11.0 Å². The van der Waals surface area contributed by atoms with Gasteiger partial charge in [-0.1, -0.05) is 13.8 Å². The van der Waals surface area contributed by atoms with Crippen LogP contribution in [-0.4, -0.2) is 30.8 Å². The Bertz CT molecular complexity index is 544. The lowest BCUT2D eigenvalue weighted by Gasteiger charge is -2.35. The maximum Gasteiger partial charge on any atom is 0.271 e. The van der Waals surface area contributed by atoms with E-state index in [4.69, 9.17) is 9.47 Å². The molecule has 7 nitrogen and oxygen atoms in total. The third-order valence-electron chi connectivity index (χ3n) is 3.07. The number of nitrogens with zero attached hydrogens (tertiary/aromatic N) is 2. The Morgan fingerprint density at radius 3 is 2.75 bits per heavy atom. The summed E-state index contributed by atoms with van der Waals surface area (Å²) >= 11 is 0. The minimum Gasteiger partial charge on any atom is -0.478 e. The summed E-state index contributed by atoms with van der Waals surface area (Å²) < 4.78 is 10.7. The summed E-state index contributed by atoms with van der Waals surface area (Å²) in [7, 11) is 1.46. The molecule has 1 heterocycles. The Kier molecular flexibility index (Phi) is 3.89. The molecule has 7 heteroatoms. The summed E-state index contributed by atoms with van der Waals surface area (Å²) in [5.41, 5.74) is 0.271. The lowest BCUT2D eigenvalue weighted by atomic mass is 10.0. The molecular weight excluding hydrogens is 264 g/mol. The van der Waals surface area contributed by atoms with Gasteiger partial charge in [-0.3, -0.25) is 19.8 Å². The molecule has 0 N–H and O–H groups in total. The fourth-order valence-corrected chi connectivity index (χ4v) is 2.07. The van der Waals surface area contributed by atoms with Crippen molar-refractivity contribution in [3.05, 3.63) is 28.3 Å². The van der Waals surface area contributed by atoms with Crippen LogP contribution in [0.4, 0.5) is 11.4 Å². The normalized spacial score (nSPS) is 17.9. The molecule has 1 aromatic carbocycles. The van der Waals surface area contributed by atoms with Crippen LogP contribution in [0, 0.1) is 16.0 Å². The molecule has 108 valence electrons. The number of nitro groups is 1. The van der Waals surface area contributed by atoms with Crippen molar-refractivity contribution in [2.75, 3.05) is 18.7 Å². The van der Waals surface area contributed by atoms with Crippen LogP contribution in [0.2, 0.25) is 0 Å². The summed E-state index contributed by atoms with van der Waals surface area (Å²) in [6, 6.07) is 4.19. The van der Waals surface area contributed by atoms with E-state index in [1.54, 1.807) is 0 Å². The van der Waals surface area contributed by atoms with Crippen LogP contribution in [-0.2, 0) is 9.53 Å². The topological polar surface area (TPSA) is 81.9 Å². The minimum atomic E-state index is -0.612. The van der Waals surface area contributed by atoms with Gasteiger partial charge in [0, 0.05) is 19.2 Å². The Balaban J connectivity index is 2.48. The van der Waals surface area contributed by atoms with Crippen molar-refractivity contribution in [3.8, 4) is 5.75 Å².